The van der Waals surface area contributed by atoms with Gasteiger partial charge in [0.25, 0.3) is 0 Å². The van der Waals surface area contributed by atoms with Crippen LogP contribution in [0.3, 0.4) is 0 Å². The first-order valence-electron chi connectivity index (χ1n) is 9.66. The van der Waals surface area contributed by atoms with Crippen LogP contribution >= 0.6 is 0 Å². The van der Waals surface area contributed by atoms with Crippen LogP contribution in [0.5, 0.6) is 0 Å². The summed E-state index contributed by atoms with van der Waals surface area (Å²) in [5.74, 6) is 0.588. The van der Waals surface area contributed by atoms with Gasteiger partial charge in [-0.3, -0.25) is 0 Å². The first-order valence-corrected chi connectivity index (χ1v) is 11.1. The average molecular weight is 438 g/mol. The molecular weight excluding hydrogens is 420 g/mol. The number of sulfonamides is 1. The Morgan fingerprint density at radius 2 is 1.77 bits per heavy atom. The summed E-state index contributed by atoms with van der Waals surface area (Å²) in [4.78, 5) is -0.0673. The van der Waals surface area contributed by atoms with E-state index in [4.69, 9.17) is 9.47 Å². The summed E-state index contributed by atoms with van der Waals surface area (Å²) >= 11 is 0. The first-order chi connectivity index (χ1) is 15.1. The number of hydrogen-bond acceptors (Lipinski definition) is 8. The average Bonchev–Trinajstić information content (AvgIpc) is 3.51. The maximum Gasteiger partial charge on any atom is 0.242 e. The second kappa shape index (κ2) is 7.82. The van der Waals surface area contributed by atoms with Gasteiger partial charge in [0, 0.05) is 5.56 Å². The number of ether oxygens (including phenoxy) is 2. The highest BCUT2D eigenvalue weighted by atomic mass is 32.2. The van der Waals surface area contributed by atoms with Crippen LogP contribution in [0.4, 0.5) is 0 Å². The molecule has 3 aromatic rings. The van der Waals surface area contributed by atoms with Crippen LogP contribution in [-0.4, -0.2) is 60.1 Å². The molecular formula is C20H18N6O4S. The normalized spacial score (nSPS) is 25.3. The van der Waals surface area contributed by atoms with E-state index >= 15 is 0 Å². The highest BCUT2D eigenvalue weighted by Gasteiger charge is 2.50. The van der Waals surface area contributed by atoms with Gasteiger partial charge in [0.1, 0.15) is 24.3 Å². The Labute approximate surface area is 178 Å². The van der Waals surface area contributed by atoms with Crippen molar-refractivity contribution in [3.63, 3.8) is 0 Å². The molecule has 0 radical (unpaired) electrons. The first kappa shape index (κ1) is 19.8. The van der Waals surface area contributed by atoms with E-state index in [2.05, 4.69) is 20.2 Å². The molecule has 2 aromatic carbocycles. The quantitative estimate of drug-likeness (QED) is 0.621. The van der Waals surface area contributed by atoms with E-state index in [1.807, 2.05) is 36.4 Å². The molecule has 0 unspecified atom stereocenters. The minimum Gasteiger partial charge on any atom is -0.371 e. The maximum absolute atomic E-state index is 12.9. The summed E-state index contributed by atoms with van der Waals surface area (Å²) in [5.41, 5.74) is 0.941. The molecule has 2 saturated heterocycles. The van der Waals surface area contributed by atoms with Gasteiger partial charge in [0.2, 0.25) is 10.0 Å². The highest BCUT2D eigenvalue weighted by molar-refractivity contribution is 7.89. The van der Waals surface area contributed by atoms with E-state index in [0.29, 0.717) is 5.82 Å². The lowest BCUT2D eigenvalue weighted by Crippen LogP contribution is -2.44. The van der Waals surface area contributed by atoms with Gasteiger partial charge in [-0.15, -0.1) is 5.10 Å². The summed E-state index contributed by atoms with van der Waals surface area (Å²) < 4.78 is 41.9. The van der Waals surface area contributed by atoms with Crippen molar-refractivity contribution in [1.29, 1.82) is 5.26 Å². The molecule has 10 nitrogen and oxygen atoms in total. The topological polar surface area (TPSA) is 132 Å². The molecule has 0 saturated carbocycles. The molecule has 158 valence electrons. The smallest absolute Gasteiger partial charge is 0.242 e. The summed E-state index contributed by atoms with van der Waals surface area (Å²) in [6.07, 6.45) is -0.910. The van der Waals surface area contributed by atoms with Crippen molar-refractivity contribution in [3.05, 3.63) is 60.2 Å². The highest BCUT2D eigenvalue weighted by Crippen LogP contribution is 2.36. The monoisotopic (exact) mass is 438 g/mol. The number of tetrazole rings is 1. The molecule has 11 heteroatoms. The van der Waals surface area contributed by atoms with E-state index in [1.165, 1.54) is 12.1 Å². The fourth-order valence-electron chi connectivity index (χ4n) is 4.04. The SMILES string of the molecule is N#Cc1ccccc1S(=O)(=O)N[C@H]1CO[C@H]2[C@H]1OC[C@H]2n1nnnc1-c1ccccc1. The van der Waals surface area contributed by atoms with Gasteiger partial charge in [0.15, 0.2) is 5.82 Å². The molecule has 3 heterocycles. The van der Waals surface area contributed by atoms with Gasteiger partial charge < -0.3 is 9.47 Å². The van der Waals surface area contributed by atoms with E-state index in [-0.39, 0.29) is 29.7 Å². The third-order valence-electron chi connectivity index (χ3n) is 5.47. The molecule has 5 rings (SSSR count). The minimum atomic E-state index is -3.93. The van der Waals surface area contributed by atoms with Gasteiger partial charge in [-0.2, -0.15) is 5.26 Å². The van der Waals surface area contributed by atoms with E-state index in [9.17, 15) is 13.7 Å². The van der Waals surface area contributed by atoms with E-state index in [0.717, 1.165) is 5.56 Å². The van der Waals surface area contributed by atoms with Gasteiger partial charge in [-0.05, 0) is 22.6 Å². The zero-order chi connectivity index (χ0) is 21.4. The van der Waals surface area contributed by atoms with Crippen LogP contribution < -0.4 is 4.72 Å². The largest absolute Gasteiger partial charge is 0.371 e. The number of rotatable bonds is 5. The van der Waals surface area contributed by atoms with Crippen LogP contribution in [0.25, 0.3) is 11.4 Å². The predicted octanol–water partition coefficient (Wildman–Crippen LogP) is 0.898. The molecule has 4 atom stereocenters. The van der Waals surface area contributed by atoms with Gasteiger partial charge in [-0.1, -0.05) is 42.5 Å². The number of nitriles is 1. The van der Waals surface area contributed by atoms with Gasteiger partial charge in [0.05, 0.1) is 29.7 Å². The molecule has 1 N–H and O–H groups in total. The fourth-order valence-corrected chi connectivity index (χ4v) is 5.43. The lowest BCUT2D eigenvalue weighted by atomic mass is 10.1. The summed E-state index contributed by atoms with van der Waals surface area (Å²) in [7, 11) is -3.93. The van der Waals surface area contributed by atoms with Crippen LogP contribution in [0.2, 0.25) is 0 Å². The number of nitrogens with zero attached hydrogens (tertiary/aromatic N) is 5. The van der Waals surface area contributed by atoms with Gasteiger partial charge >= 0.3 is 0 Å². The zero-order valence-corrected chi connectivity index (χ0v) is 17.0. The van der Waals surface area contributed by atoms with Crippen molar-refractivity contribution in [2.75, 3.05) is 13.2 Å². The Morgan fingerprint density at radius 1 is 1.03 bits per heavy atom. The molecule has 1 aromatic heterocycles. The molecule has 2 aliphatic heterocycles. The van der Waals surface area contributed by atoms with Crippen molar-refractivity contribution >= 4 is 10.0 Å². The number of benzene rings is 2. The maximum atomic E-state index is 12.9. The Hall–Kier alpha value is -3.17. The summed E-state index contributed by atoms with van der Waals surface area (Å²) in [6, 6.07) is 16.6. The number of fused-ring (bicyclic) bond motifs is 1. The third kappa shape index (κ3) is 3.49. The lowest BCUT2D eigenvalue weighted by Gasteiger charge is -2.18. The third-order valence-corrected chi connectivity index (χ3v) is 7.02. The summed E-state index contributed by atoms with van der Waals surface area (Å²) in [5, 5.41) is 21.3. The molecule has 2 fully saturated rings. The Kier molecular flexibility index (Phi) is 4.99. The van der Waals surface area contributed by atoms with Crippen molar-refractivity contribution in [1.82, 2.24) is 24.9 Å². The van der Waals surface area contributed by atoms with Gasteiger partial charge in [-0.25, -0.2) is 17.8 Å². The molecule has 31 heavy (non-hydrogen) atoms. The summed E-state index contributed by atoms with van der Waals surface area (Å²) in [6.45, 7) is 0.426. The van der Waals surface area contributed by atoms with Crippen molar-refractivity contribution < 1.29 is 17.9 Å². The second-order valence-corrected chi connectivity index (χ2v) is 8.99. The fraction of sp³-hybridized carbons (Fsp3) is 0.300. The standard InChI is InChI=1S/C20H18N6O4S/c21-10-14-8-4-5-9-17(14)31(27,28)23-15-11-29-19-16(12-30-18(15)19)26-20(22-24-25-26)13-6-2-1-3-7-13/h1-9,15-16,18-19,23H,11-12H2/t15-,16+,18-,19+/m0/s1. The molecule has 0 amide bonds. The molecule has 0 aliphatic carbocycles. The predicted molar refractivity (Wildman–Crippen MR) is 107 cm³/mol. The Bertz CT molecular complexity index is 1240. The number of nitrogens with one attached hydrogen (secondary N) is 1. The lowest BCUT2D eigenvalue weighted by molar-refractivity contribution is 0.0626. The Balaban J connectivity index is 1.37. The minimum absolute atomic E-state index is 0.0673. The second-order valence-electron chi connectivity index (χ2n) is 7.31. The van der Waals surface area contributed by atoms with Crippen molar-refractivity contribution in [2.24, 2.45) is 0 Å². The van der Waals surface area contributed by atoms with E-state index < -0.39 is 28.3 Å². The van der Waals surface area contributed by atoms with Crippen molar-refractivity contribution in [2.45, 2.75) is 29.2 Å². The number of aromatic nitrogens is 4. The van der Waals surface area contributed by atoms with Crippen LogP contribution in [-0.2, 0) is 19.5 Å². The van der Waals surface area contributed by atoms with E-state index in [1.54, 1.807) is 16.8 Å². The Morgan fingerprint density at radius 3 is 2.58 bits per heavy atom. The molecule has 0 bridgehead atoms. The molecule has 2 aliphatic rings. The van der Waals surface area contributed by atoms with Crippen LogP contribution in [0.1, 0.15) is 11.6 Å². The van der Waals surface area contributed by atoms with Crippen LogP contribution in [0, 0.1) is 11.3 Å². The zero-order valence-electron chi connectivity index (χ0n) is 16.2. The van der Waals surface area contributed by atoms with Crippen LogP contribution in [0.15, 0.2) is 59.5 Å². The molecule has 0 spiro atoms. The van der Waals surface area contributed by atoms with Crippen molar-refractivity contribution in [3.8, 4) is 17.5 Å². The number of hydrogen-bond donors (Lipinski definition) is 1.